The molecule has 0 aliphatic rings. The average molecular weight is 261 g/mol. The van der Waals surface area contributed by atoms with Crippen LogP contribution in [0.4, 0.5) is 0 Å². The lowest BCUT2D eigenvalue weighted by Gasteiger charge is -2.12. The minimum Gasteiger partial charge on any atom is -0.493 e. The molecular formula is C15H19NO3. The molecule has 0 radical (unpaired) electrons. The van der Waals surface area contributed by atoms with Crippen molar-refractivity contribution >= 4 is 5.91 Å². The van der Waals surface area contributed by atoms with Gasteiger partial charge in [-0.25, -0.2) is 0 Å². The lowest BCUT2D eigenvalue weighted by Crippen LogP contribution is -2.25. The molecule has 0 aliphatic heterocycles. The molecule has 0 bridgehead atoms. The number of amides is 1. The van der Waals surface area contributed by atoms with E-state index in [9.17, 15) is 4.79 Å². The Balaban J connectivity index is 2.64. The maximum Gasteiger partial charge on any atom is 0.255 e. The highest BCUT2D eigenvalue weighted by atomic mass is 16.5. The molecule has 0 atom stereocenters. The van der Waals surface area contributed by atoms with Crippen molar-refractivity contribution in [2.75, 3.05) is 20.8 Å². The van der Waals surface area contributed by atoms with E-state index in [0.717, 1.165) is 19.3 Å². The van der Waals surface area contributed by atoms with Gasteiger partial charge in [0.1, 0.15) is 0 Å². The first-order chi connectivity index (χ1) is 9.24. The molecule has 0 spiro atoms. The minimum absolute atomic E-state index is 0.170. The lowest BCUT2D eigenvalue weighted by molar-refractivity contribution is 0.0949. The van der Waals surface area contributed by atoms with E-state index >= 15 is 0 Å². The van der Waals surface area contributed by atoms with Crippen LogP contribution in [0.5, 0.6) is 11.5 Å². The molecule has 4 nitrogen and oxygen atoms in total. The predicted octanol–water partition coefficient (Wildman–Crippen LogP) is 2.24. The summed E-state index contributed by atoms with van der Waals surface area (Å²) in [6, 6.07) is 5.22. The number of benzene rings is 1. The summed E-state index contributed by atoms with van der Waals surface area (Å²) in [7, 11) is 3.06. The fraction of sp³-hybridized carbons (Fsp3) is 0.400. The quantitative estimate of drug-likeness (QED) is 0.605. The Morgan fingerprint density at radius 1 is 1.32 bits per heavy atom. The van der Waals surface area contributed by atoms with Crippen molar-refractivity contribution in [3.05, 3.63) is 23.8 Å². The Morgan fingerprint density at radius 3 is 2.74 bits per heavy atom. The van der Waals surface area contributed by atoms with Gasteiger partial charge in [-0.1, -0.05) is 6.07 Å². The molecular weight excluding hydrogens is 242 g/mol. The van der Waals surface area contributed by atoms with Gasteiger partial charge in [0.05, 0.1) is 19.8 Å². The van der Waals surface area contributed by atoms with Gasteiger partial charge >= 0.3 is 0 Å². The molecule has 4 heteroatoms. The average Bonchev–Trinajstić information content (AvgIpc) is 2.45. The molecule has 102 valence electrons. The van der Waals surface area contributed by atoms with Gasteiger partial charge < -0.3 is 14.8 Å². The number of rotatable bonds is 7. The summed E-state index contributed by atoms with van der Waals surface area (Å²) in [6.07, 6.45) is 7.67. The van der Waals surface area contributed by atoms with Crippen molar-refractivity contribution in [3.8, 4) is 23.8 Å². The predicted molar refractivity (Wildman–Crippen MR) is 74.6 cm³/mol. The zero-order chi connectivity index (χ0) is 14.1. The zero-order valence-electron chi connectivity index (χ0n) is 11.4. The number of carbonyl (C=O) groups excluding carboxylic acids is 1. The highest BCUT2D eigenvalue weighted by Gasteiger charge is 2.15. The first kappa shape index (κ1) is 14.9. The maximum atomic E-state index is 12.0. The highest BCUT2D eigenvalue weighted by Crippen LogP contribution is 2.30. The first-order valence-electron chi connectivity index (χ1n) is 6.17. The normalized spacial score (nSPS) is 9.53. The second-order valence-electron chi connectivity index (χ2n) is 3.96. The number of hydrogen-bond acceptors (Lipinski definition) is 3. The van der Waals surface area contributed by atoms with Gasteiger partial charge in [0, 0.05) is 13.0 Å². The van der Waals surface area contributed by atoms with Crippen LogP contribution in [0.15, 0.2) is 18.2 Å². The lowest BCUT2D eigenvalue weighted by atomic mass is 10.1. The Hall–Kier alpha value is -2.15. The fourth-order valence-corrected chi connectivity index (χ4v) is 1.72. The van der Waals surface area contributed by atoms with Crippen LogP contribution in [0.1, 0.15) is 29.6 Å². The summed E-state index contributed by atoms with van der Waals surface area (Å²) in [5.41, 5.74) is 0.471. The molecule has 0 fully saturated rings. The Labute approximate surface area is 114 Å². The van der Waals surface area contributed by atoms with Gasteiger partial charge in [-0.2, -0.15) is 0 Å². The molecule has 1 amide bonds. The minimum atomic E-state index is -0.170. The second-order valence-corrected chi connectivity index (χ2v) is 3.96. The Kier molecular flexibility index (Phi) is 6.31. The molecule has 1 aromatic carbocycles. The van der Waals surface area contributed by atoms with E-state index in [1.165, 1.54) is 7.11 Å². The molecule has 0 saturated heterocycles. The highest BCUT2D eigenvalue weighted by molar-refractivity contribution is 5.97. The third kappa shape index (κ3) is 4.22. The van der Waals surface area contributed by atoms with Gasteiger partial charge in [-0.15, -0.1) is 12.3 Å². The number of nitrogens with one attached hydrogen (secondary N) is 1. The first-order valence-corrected chi connectivity index (χ1v) is 6.17. The Bertz CT molecular complexity index is 463. The number of ether oxygens (including phenoxy) is 2. The van der Waals surface area contributed by atoms with Crippen LogP contribution in [-0.4, -0.2) is 26.7 Å². The van der Waals surface area contributed by atoms with E-state index in [-0.39, 0.29) is 5.91 Å². The van der Waals surface area contributed by atoms with Crippen LogP contribution in [0.3, 0.4) is 0 Å². The van der Waals surface area contributed by atoms with Gasteiger partial charge in [-0.3, -0.25) is 4.79 Å². The van der Waals surface area contributed by atoms with Crippen molar-refractivity contribution in [2.24, 2.45) is 0 Å². The number of methoxy groups -OCH3 is 2. The molecule has 0 heterocycles. The van der Waals surface area contributed by atoms with Crippen molar-refractivity contribution in [1.82, 2.24) is 5.32 Å². The molecule has 0 unspecified atom stereocenters. The molecule has 0 aromatic heterocycles. The van der Waals surface area contributed by atoms with Crippen LogP contribution in [-0.2, 0) is 0 Å². The van der Waals surface area contributed by atoms with Crippen LogP contribution < -0.4 is 14.8 Å². The van der Waals surface area contributed by atoms with Crippen molar-refractivity contribution in [1.29, 1.82) is 0 Å². The number of terminal acetylenes is 1. The van der Waals surface area contributed by atoms with E-state index in [2.05, 4.69) is 11.2 Å². The summed E-state index contributed by atoms with van der Waals surface area (Å²) in [5.74, 6) is 3.40. The van der Waals surface area contributed by atoms with E-state index < -0.39 is 0 Å². The van der Waals surface area contributed by atoms with Crippen LogP contribution in [0.25, 0.3) is 0 Å². The number of hydrogen-bond donors (Lipinski definition) is 1. The van der Waals surface area contributed by atoms with Crippen LogP contribution >= 0.6 is 0 Å². The maximum absolute atomic E-state index is 12.0. The number of unbranched alkanes of at least 4 members (excludes halogenated alkanes) is 2. The topological polar surface area (TPSA) is 47.6 Å². The van der Waals surface area contributed by atoms with Gasteiger partial charge in [0.2, 0.25) is 0 Å². The molecule has 0 saturated carbocycles. The van der Waals surface area contributed by atoms with E-state index in [0.29, 0.717) is 23.6 Å². The standard InChI is InChI=1S/C15H19NO3/c1-4-5-6-7-11-16-15(17)12-9-8-10-13(18-2)14(12)19-3/h1,8-10H,5-7,11H2,2-3H3,(H,16,17). The SMILES string of the molecule is C#CCCCCNC(=O)c1cccc(OC)c1OC. The summed E-state index contributed by atoms with van der Waals surface area (Å²) in [5, 5.41) is 2.84. The van der Waals surface area contributed by atoms with E-state index in [1.54, 1.807) is 25.3 Å². The molecule has 19 heavy (non-hydrogen) atoms. The zero-order valence-corrected chi connectivity index (χ0v) is 11.4. The second kappa shape index (κ2) is 8.04. The molecule has 1 aromatic rings. The third-order valence-electron chi connectivity index (χ3n) is 2.68. The van der Waals surface area contributed by atoms with Gasteiger partial charge in [0.15, 0.2) is 11.5 Å². The molecule has 1 rings (SSSR count). The van der Waals surface area contributed by atoms with Gasteiger partial charge in [0.25, 0.3) is 5.91 Å². The van der Waals surface area contributed by atoms with Crippen molar-refractivity contribution < 1.29 is 14.3 Å². The van der Waals surface area contributed by atoms with E-state index in [4.69, 9.17) is 15.9 Å². The smallest absolute Gasteiger partial charge is 0.255 e. The number of carbonyl (C=O) groups is 1. The van der Waals surface area contributed by atoms with Crippen LogP contribution in [0, 0.1) is 12.3 Å². The summed E-state index contributed by atoms with van der Waals surface area (Å²) in [4.78, 5) is 12.0. The van der Waals surface area contributed by atoms with Crippen LogP contribution in [0.2, 0.25) is 0 Å². The monoisotopic (exact) mass is 261 g/mol. The largest absolute Gasteiger partial charge is 0.493 e. The van der Waals surface area contributed by atoms with Crippen molar-refractivity contribution in [3.63, 3.8) is 0 Å². The van der Waals surface area contributed by atoms with Gasteiger partial charge in [-0.05, 0) is 25.0 Å². The number of para-hydroxylation sites is 1. The van der Waals surface area contributed by atoms with Crippen molar-refractivity contribution in [2.45, 2.75) is 19.3 Å². The molecule has 0 aliphatic carbocycles. The van der Waals surface area contributed by atoms with E-state index in [1.807, 2.05) is 0 Å². The summed E-state index contributed by atoms with van der Waals surface area (Å²) >= 11 is 0. The summed E-state index contributed by atoms with van der Waals surface area (Å²) < 4.78 is 10.4. The summed E-state index contributed by atoms with van der Waals surface area (Å²) in [6.45, 7) is 0.598. The molecule has 1 N–H and O–H groups in total. The fourth-order valence-electron chi connectivity index (χ4n) is 1.72. The Morgan fingerprint density at radius 2 is 2.11 bits per heavy atom. The third-order valence-corrected chi connectivity index (χ3v) is 2.68.